The molecule has 4 rings (SSSR count). The highest BCUT2D eigenvalue weighted by Crippen LogP contribution is 2.31. The number of rotatable bonds is 4. The van der Waals surface area contributed by atoms with E-state index in [-0.39, 0.29) is 18.0 Å². The fraction of sp³-hybridized carbons (Fsp3) is 0.304. The van der Waals surface area contributed by atoms with E-state index in [1.807, 2.05) is 0 Å². The molecule has 0 bridgehead atoms. The third-order valence-corrected chi connectivity index (χ3v) is 4.83. The van der Waals surface area contributed by atoms with Gasteiger partial charge in [0.05, 0.1) is 25.4 Å². The fourth-order valence-corrected chi connectivity index (χ4v) is 3.47. The lowest BCUT2D eigenvalue weighted by atomic mass is 10.1. The number of ether oxygens (including phenoxy) is 2. The van der Waals surface area contributed by atoms with E-state index < -0.39 is 5.60 Å². The molecule has 7 nitrogen and oxygen atoms in total. The molecule has 0 aliphatic carbocycles. The van der Waals surface area contributed by atoms with Gasteiger partial charge >= 0.3 is 0 Å². The number of aromatic nitrogens is 1. The van der Waals surface area contributed by atoms with E-state index in [1.165, 1.54) is 4.57 Å². The van der Waals surface area contributed by atoms with Gasteiger partial charge in [0.1, 0.15) is 0 Å². The third-order valence-electron chi connectivity index (χ3n) is 4.83. The quantitative estimate of drug-likeness (QED) is 0.692. The van der Waals surface area contributed by atoms with Gasteiger partial charge in [0.25, 0.3) is 11.5 Å². The van der Waals surface area contributed by atoms with Gasteiger partial charge in [-0.2, -0.15) is 0 Å². The van der Waals surface area contributed by atoms with E-state index in [0.29, 0.717) is 46.7 Å². The van der Waals surface area contributed by atoms with Crippen LogP contribution in [-0.4, -0.2) is 34.4 Å². The molecule has 7 heteroatoms. The number of aliphatic hydroxyl groups is 1. The maximum absolute atomic E-state index is 12.8. The van der Waals surface area contributed by atoms with Crippen molar-refractivity contribution in [1.29, 1.82) is 0 Å². The number of pyridine rings is 1. The summed E-state index contributed by atoms with van der Waals surface area (Å²) >= 11 is 0. The first-order valence-electron chi connectivity index (χ1n) is 9.87. The lowest BCUT2D eigenvalue weighted by Crippen LogP contribution is -2.32. The second-order valence-electron chi connectivity index (χ2n) is 7.99. The van der Waals surface area contributed by atoms with Gasteiger partial charge in [0, 0.05) is 34.6 Å². The molecule has 1 aliphatic rings. The Labute approximate surface area is 173 Å². The zero-order chi connectivity index (χ0) is 21.3. The third kappa shape index (κ3) is 4.16. The molecule has 1 aromatic heterocycles. The number of nitrogens with one attached hydrogen (secondary N) is 1. The Morgan fingerprint density at radius 2 is 1.87 bits per heavy atom. The zero-order valence-corrected chi connectivity index (χ0v) is 17.0. The Morgan fingerprint density at radius 1 is 1.10 bits per heavy atom. The topological polar surface area (TPSA) is 89.8 Å². The van der Waals surface area contributed by atoms with Gasteiger partial charge in [-0.05, 0) is 50.2 Å². The number of amides is 1. The molecular formula is C23H24N2O5. The van der Waals surface area contributed by atoms with Crippen molar-refractivity contribution in [2.24, 2.45) is 0 Å². The molecule has 0 fully saturated rings. The zero-order valence-electron chi connectivity index (χ0n) is 17.0. The van der Waals surface area contributed by atoms with Crippen LogP contribution in [0.2, 0.25) is 0 Å². The van der Waals surface area contributed by atoms with Crippen molar-refractivity contribution in [3.05, 3.63) is 64.6 Å². The van der Waals surface area contributed by atoms with E-state index in [4.69, 9.17) is 9.47 Å². The maximum atomic E-state index is 12.8. The lowest BCUT2D eigenvalue weighted by Gasteiger charge is -2.19. The second kappa shape index (κ2) is 7.84. The second-order valence-corrected chi connectivity index (χ2v) is 7.99. The van der Waals surface area contributed by atoms with Gasteiger partial charge < -0.3 is 24.5 Å². The molecule has 0 saturated heterocycles. The summed E-state index contributed by atoms with van der Waals surface area (Å²) in [6, 6.07) is 12.0. The van der Waals surface area contributed by atoms with Crippen LogP contribution in [0.3, 0.4) is 0 Å². The van der Waals surface area contributed by atoms with Crippen LogP contribution < -0.4 is 20.3 Å². The summed E-state index contributed by atoms with van der Waals surface area (Å²) in [5, 5.41) is 14.0. The molecule has 2 aromatic carbocycles. The molecule has 2 heterocycles. The molecule has 1 amide bonds. The van der Waals surface area contributed by atoms with E-state index in [0.717, 1.165) is 6.42 Å². The summed E-state index contributed by atoms with van der Waals surface area (Å²) in [7, 11) is 0. The minimum absolute atomic E-state index is 0.176. The van der Waals surface area contributed by atoms with E-state index in [2.05, 4.69) is 5.32 Å². The number of hydrogen-bond acceptors (Lipinski definition) is 5. The smallest absolute Gasteiger partial charge is 0.258 e. The van der Waals surface area contributed by atoms with Crippen molar-refractivity contribution >= 4 is 22.4 Å². The van der Waals surface area contributed by atoms with Crippen LogP contribution in [0.15, 0.2) is 53.5 Å². The van der Waals surface area contributed by atoms with Gasteiger partial charge in [-0.25, -0.2) is 0 Å². The van der Waals surface area contributed by atoms with Gasteiger partial charge in [0.15, 0.2) is 11.5 Å². The SMILES string of the molecule is CC(C)(O)Cn1ccc2c(NC(=O)c3ccc4c(c3)OCCCO4)cccc2c1=O. The van der Waals surface area contributed by atoms with Crippen molar-refractivity contribution < 1.29 is 19.4 Å². The molecule has 156 valence electrons. The number of carbonyl (C=O) groups excluding carboxylic acids is 1. The lowest BCUT2D eigenvalue weighted by molar-refractivity contribution is 0.0606. The van der Waals surface area contributed by atoms with E-state index in [9.17, 15) is 14.7 Å². The highest BCUT2D eigenvalue weighted by atomic mass is 16.5. The number of fused-ring (bicyclic) bond motifs is 2. The van der Waals surface area contributed by atoms with Crippen LogP contribution in [0.25, 0.3) is 10.8 Å². The average molecular weight is 408 g/mol. The van der Waals surface area contributed by atoms with E-state index in [1.54, 1.807) is 62.5 Å². The number of benzene rings is 2. The van der Waals surface area contributed by atoms with Crippen LogP contribution in [0.4, 0.5) is 5.69 Å². The number of carbonyl (C=O) groups is 1. The standard InChI is InChI=1S/C23H24N2O5/c1-23(2,28)14-25-10-9-16-17(22(25)27)5-3-6-18(16)24-21(26)15-7-8-19-20(13-15)30-12-4-11-29-19/h3,5-10,13,28H,4,11-12,14H2,1-2H3,(H,24,26). The van der Waals surface area contributed by atoms with Crippen LogP contribution in [0, 0.1) is 0 Å². The van der Waals surface area contributed by atoms with Crippen LogP contribution in [0.5, 0.6) is 11.5 Å². The summed E-state index contributed by atoms with van der Waals surface area (Å²) in [6.07, 6.45) is 2.42. The van der Waals surface area contributed by atoms with Crippen molar-refractivity contribution in [2.45, 2.75) is 32.4 Å². The van der Waals surface area contributed by atoms with Gasteiger partial charge in [-0.15, -0.1) is 0 Å². The Kier molecular flexibility index (Phi) is 5.22. The molecule has 0 saturated carbocycles. The number of anilines is 1. The minimum Gasteiger partial charge on any atom is -0.490 e. The van der Waals surface area contributed by atoms with Gasteiger partial charge in [-0.1, -0.05) is 6.07 Å². The van der Waals surface area contributed by atoms with Crippen molar-refractivity contribution in [3.63, 3.8) is 0 Å². The average Bonchev–Trinajstić information content (AvgIpc) is 2.94. The molecule has 0 spiro atoms. The Bertz CT molecular complexity index is 1160. The maximum Gasteiger partial charge on any atom is 0.258 e. The van der Waals surface area contributed by atoms with Gasteiger partial charge in [-0.3, -0.25) is 9.59 Å². The first-order valence-corrected chi connectivity index (χ1v) is 9.87. The predicted molar refractivity (Wildman–Crippen MR) is 115 cm³/mol. The Balaban J connectivity index is 1.64. The number of nitrogens with zero attached hydrogens (tertiary/aromatic N) is 1. The monoisotopic (exact) mass is 408 g/mol. The highest BCUT2D eigenvalue weighted by Gasteiger charge is 2.17. The molecule has 0 radical (unpaired) electrons. The van der Waals surface area contributed by atoms with E-state index >= 15 is 0 Å². The first kappa shape index (κ1) is 20.0. The summed E-state index contributed by atoms with van der Waals surface area (Å²) in [4.78, 5) is 25.7. The van der Waals surface area contributed by atoms with Gasteiger partial charge in [0.2, 0.25) is 0 Å². The fourth-order valence-electron chi connectivity index (χ4n) is 3.47. The normalized spacial score (nSPS) is 13.7. The molecule has 0 unspecified atom stereocenters. The Hall–Kier alpha value is -3.32. The Morgan fingerprint density at radius 3 is 2.63 bits per heavy atom. The molecule has 30 heavy (non-hydrogen) atoms. The highest BCUT2D eigenvalue weighted by molar-refractivity contribution is 6.09. The van der Waals surface area contributed by atoms with Crippen LogP contribution in [-0.2, 0) is 6.54 Å². The number of hydrogen-bond donors (Lipinski definition) is 2. The summed E-state index contributed by atoms with van der Waals surface area (Å²) in [5.41, 5.74) is -0.259. The molecule has 0 atom stereocenters. The predicted octanol–water partition coefficient (Wildman–Crippen LogP) is 3.19. The van der Waals surface area contributed by atoms with Crippen molar-refractivity contribution in [3.8, 4) is 11.5 Å². The summed E-state index contributed by atoms with van der Waals surface area (Å²) < 4.78 is 12.7. The van der Waals surface area contributed by atoms with Crippen molar-refractivity contribution in [2.75, 3.05) is 18.5 Å². The molecule has 2 N–H and O–H groups in total. The van der Waals surface area contributed by atoms with Crippen molar-refractivity contribution in [1.82, 2.24) is 4.57 Å². The first-order chi connectivity index (χ1) is 14.3. The molecule has 1 aliphatic heterocycles. The molecular weight excluding hydrogens is 384 g/mol. The van der Waals surface area contributed by atoms with Crippen LogP contribution in [0.1, 0.15) is 30.6 Å². The minimum atomic E-state index is -1.01. The summed E-state index contributed by atoms with van der Waals surface area (Å²) in [5.74, 6) is 0.868. The molecule has 3 aromatic rings. The summed E-state index contributed by atoms with van der Waals surface area (Å²) in [6.45, 7) is 4.60. The largest absolute Gasteiger partial charge is 0.490 e. The van der Waals surface area contributed by atoms with Crippen LogP contribution >= 0.6 is 0 Å².